The van der Waals surface area contributed by atoms with Crippen molar-refractivity contribution >= 4 is 23.3 Å². The number of carbonyl (C=O) groups excluding carboxylic acids is 1. The number of hydrogen-bond acceptors (Lipinski definition) is 4. The highest BCUT2D eigenvalue weighted by molar-refractivity contribution is 6.30. The molecule has 1 aromatic carbocycles. The van der Waals surface area contributed by atoms with Gasteiger partial charge in [0.05, 0.1) is 6.54 Å². The first-order valence-corrected chi connectivity index (χ1v) is 8.09. The summed E-state index contributed by atoms with van der Waals surface area (Å²) in [5, 5.41) is 7.66. The zero-order valence-corrected chi connectivity index (χ0v) is 14.4. The van der Waals surface area contributed by atoms with Crippen LogP contribution in [0, 0.1) is 6.92 Å². The van der Waals surface area contributed by atoms with E-state index in [1.54, 1.807) is 47.5 Å². The van der Waals surface area contributed by atoms with E-state index in [1.807, 2.05) is 19.1 Å². The van der Waals surface area contributed by atoms with Crippen molar-refractivity contribution in [3.05, 3.63) is 71.1 Å². The molecule has 0 atom stereocenters. The Bertz CT molecular complexity index is 865. The number of aromatic nitrogens is 3. The quantitative estimate of drug-likeness (QED) is 0.735. The summed E-state index contributed by atoms with van der Waals surface area (Å²) in [6.45, 7) is 2.36. The summed E-state index contributed by atoms with van der Waals surface area (Å²) >= 11 is 5.90. The molecule has 0 fully saturated rings. The molecule has 0 aliphatic heterocycles. The first kappa shape index (κ1) is 17.0. The number of amides is 1. The SMILES string of the molecule is Cc1cc(Cl)ccc1OCC(=O)Nc1ccn(Cc2cccnc2)n1. The second-order valence-electron chi connectivity index (χ2n) is 5.51. The van der Waals surface area contributed by atoms with E-state index in [1.165, 1.54) is 0 Å². The highest BCUT2D eigenvalue weighted by Gasteiger charge is 2.08. The summed E-state index contributed by atoms with van der Waals surface area (Å²) in [5.74, 6) is 0.827. The van der Waals surface area contributed by atoms with Crippen LogP contribution in [0.2, 0.25) is 5.02 Å². The number of hydrogen-bond donors (Lipinski definition) is 1. The van der Waals surface area contributed by atoms with Gasteiger partial charge in [-0.05, 0) is 42.3 Å². The van der Waals surface area contributed by atoms with E-state index in [4.69, 9.17) is 16.3 Å². The number of halogens is 1. The van der Waals surface area contributed by atoms with Gasteiger partial charge in [-0.3, -0.25) is 14.5 Å². The smallest absolute Gasteiger partial charge is 0.263 e. The van der Waals surface area contributed by atoms with Crippen LogP contribution in [0.1, 0.15) is 11.1 Å². The summed E-state index contributed by atoms with van der Waals surface area (Å²) in [4.78, 5) is 16.1. The van der Waals surface area contributed by atoms with Crippen molar-refractivity contribution in [3.63, 3.8) is 0 Å². The second-order valence-corrected chi connectivity index (χ2v) is 5.94. The van der Waals surface area contributed by atoms with E-state index in [9.17, 15) is 4.79 Å². The van der Waals surface area contributed by atoms with E-state index in [0.29, 0.717) is 23.1 Å². The first-order chi connectivity index (χ1) is 12.1. The molecule has 3 rings (SSSR count). The van der Waals surface area contributed by atoms with Crippen LogP contribution in [0.5, 0.6) is 5.75 Å². The summed E-state index contributed by atoms with van der Waals surface area (Å²) in [7, 11) is 0. The molecule has 0 aliphatic carbocycles. The number of carbonyl (C=O) groups is 1. The molecule has 7 heteroatoms. The first-order valence-electron chi connectivity index (χ1n) is 7.71. The van der Waals surface area contributed by atoms with E-state index in [2.05, 4.69) is 15.4 Å². The summed E-state index contributed by atoms with van der Waals surface area (Å²) in [6.07, 6.45) is 5.30. The lowest BCUT2D eigenvalue weighted by Gasteiger charge is -2.09. The Balaban J connectivity index is 1.53. The number of aryl methyl sites for hydroxylation is 1. The van der Waals surface area contributed by atoms with Crippen molar-refractivity contribution in [2.75, 3.05) is 11.9 Å². The van der Waals surface area contributed by atoms with Crippen LogP contribution in [-0.2, 0) is 11.3 Å². The van der Waals surface area contributed by atoms with Gasteiger partial charge in [-0.1, -0.05) is 17.7 Å². The minimum atomic E-state index is -0.277. The fourth-order valence-electron chi connectivity index (χ4n) is 2.29. The summed E-state index contributed by atoms with van der Waals surface area (Å²) in [6, 6.07) is 10.8. The van der Waals surface area contributed by atoms with Crippen LogP contribution < -0.4 is 10.1 Å². The van der Waals surface area contributed by atoms with E-state index >= 15 is 0 Å². The minimum absolute atomic E-state index is 0.0993. The van der Waals surface area contributed by atoms with Gasteiger partial charge in [-0.2, -0.15) is 5.10 Å². The van der Waals surface area contributed by atoms with Crippen LogP contribution in [0.3, 0.4) is 0 Å². The molecule has 1 N–H and O–H groups in total. The molecule has 0 aliphatic rings. The van der Waals surface area contributed by atoms with Crippen LogP contribution in [0.15, 0.2) is 55.0 Å². The lowest BCUT2D eigenvalue weighted by Crippen LogP contribution is -2.20. The molecule has 25 heavy (non-hydrogen) atoms. The minimum Gasteiger partial charge on any atom is -0.483 e. The molecule has 2 aromatic heterocycles. The van der Waals surface area contributed by atoms with Crippen LogP contribution in [-0.4, -0.2) is 27.3 Å². The fourth-order valence-corrected chi connectivity index (χ4v) is 2.52. The van der Waals surface area contributed by atoms with Gasteiger partial charge in [-0.25, -0.2) is 0 Å². The number of rotatable bonds is 6. The third-order valence-electron chi connectivity index (χ3n) is 3.47. The Morgan fingerprint density at radius 1 is 1.32 bits per heavy atom. The predicted molar refractivity (Wildman–Crippen MR) is 95.9 cm³/mol. The van der Waals surface area contributed by atoms with Crippen LogP contribution >= 0.6 is 11.6 Å². The summed E-state index contributed by atoms with van der Waals surface area (Å²) in [5.41, 5.74) is 1.91. The second kappa shape index (κ2) is 7.81. The molecule has 3 aromatic rings. The van der Waals surface area contributed by atoms with Gasteiger partial charge in [0.2, 0.25) is 0 Å². The Morgan fingerprint density at radius 3 is 2.96 bits per heavy atom. The largest absolute Gasteiger partial charge is 0.483 e. The normalized spacial score (nSPS) is 10.5. The predicted octanol–water partition coefficient (Wildman–Crippen LogP) is 3.31. The lowest BCUT2D eigenvalue weighted by atomic mass is 10.2. The van der Waals surface area contributed by atoms with Crippen LogP contribution in [0.4, 0.5) is 5.82 Å². The standard InChI is InChI=1S/C18H17ClN4O2/c1-13-9-15(19)4-5-16(13)25-12-18(24)21-17-6-8-23(22-17)11-14-3-2-7-20-10-14/h2-10H,11-12H2,1H3,(H,21,22,24). The van der Waals surface area contributed by atoms with Crippen molar-refractivity contribution in [2.45, 2.75) is 13.5 Å². The van der Waals surface area contributed by atoms with Gasteiger partial charge in [0.15, 0.2) is 12.4 Å². The number of nitrogens with zero attached hydrogens (tertiary/aromatic N) is 3. The maximum absolute atomic E-state index is 12.0. The van der Waals surface area contributed by atoms with Gasteiger partial charge in [-0.15, -0.1) is 0 Å². The highest BCUT2D eigenvalue weighted by Crippen LogP contribution is 2.21. The molecule has 6 nitrogen and oxygen atoms in total. The molecule has 0 saturated carbocycles. The number of nitrogens with one attached hydrogen (secondary N) is 1. The fraction of sp³-hybridized carbons (Fsp3) is 0.167. The van der Waals surface area contributed by atoms with Gasteiger partial charge in [0.1, 0.15) is 5.75 Å². The zero-order valence-electron chi connectivity index (χ0n) is 13.6. The summed E-state index contributed by atoms with van der Waals surface area (Å²) < 4.78 is 7.25. The molecule has 2 heterocycles. The third kappa shape index (κ3) is 4.81. The topological polar surface area (TPSA) is 69.0 Å². The van der Waals surface area contributed by atoms with Crippen LogP contribution in [0.25, 0.3) is 0 Å². The average molecular weight is 357 g/mol. The zero-order chi connectivity index (χ0) is 17.6. The van der Waals surface area contributed by atoms with Gasteiger partial charge in [0, 0.05) is 29.7 Å². The highest BCUT2D eigenvalue weighted by atomic mass is 35.5. The van der Waals surface area contributed by atoms with Gasteiger partial charge >= 0.3 is 0 Å². The van der Waals surface area contributed by atoms with Crippen molar-refractivity contribution in [1.82, 2.24) is 14.8 Å². The monoisotopic (exact) mass is 356 g/mol. The molecule has 0 saturated heterocycles. The maximum atomic E-state index is 12.0. The molecule has 0 radical (unpaired) electrons. The number of pyridine rings is 1. The Hall–Kier alpha value is -2.86. The molecule has 128 valence electrons. The number of benzene rings is 1. The Labute approximate surface area is 150 Å². The van der Waals surface area contributed by atoms with Crippen molar-refractivity contribution in [1.29, 1.82) is 0 Å². The molecular formula is C18H17ClN4O2. The molecular weight excluding hydrogens is 340 g/mol. The van der Waals surface area contributed by atoms with E-state index < -0.39 is 0 Å². The van der Waals surface area contributed by atoms with Crippen molar-refractivity contribution in [3.8, 4) is 5.75 Å². The average Bonchev–Trinajstić information content (AvgIpc) is 3.02. The number of ether oxygens (including phenoxy) is 1. The van der Waals surface area contributed by atoms with E-state index in [0.717, 1.165) is 11.1 Å². The molecule has 0 spiro atoms. The van der Waals surface area contributed by atoms with Gasteiger partial charge < -0.3 is 10.1 Å². The molecule has 0 unspecified atom stereocenters. The van der Waals surface area contributed by atoms with Gasteiger partial charge in [0.25, 0.3) is 5.91 Å². The van der Waals surface area contributed by atoms with Crippen molar-refractivity contribution in [2.24, 2.45) is 0 Å². The van der Waals surface area contributed by atoms with E-state index in [-0.39, 0.29) is 12.5 Å². The maximum Gasteiger partial charge on any atom is 0.263 e. The van der Waals surface area contributed by atoms with Crippen molar-refractivity contribution < 1.29 is 9.53 Å². The Morgan fingerprint density at radius 2 is 2.20 bits per heavy atom. The molecule has 1 amide bonds. The molecule has 0 bridgehead atoms. The number of anilines is 1. The lowest BCUT2D eigenvalue weighted by molar-refractivity contribution is -0.118. The third-order valence-corrected chi connectivity index (χ3v) is 3.71. The Kier molecular flexibility index (Phi) is 5.30.